The molecule has 2 fully saturated rings. The van der Waals surface area contributed by atoms with Gasteiger partial charge in [-0.15, -0.1) is 0 Å². The number of morpholine rings is 1. The predicted molar refractivity (Wildman–Crippen MR) is 87.7 cm³/mol. The van der Waals surface area contributed by atoms with Crippen molar-refractivity contribution >= 4 is 5.69 Å². The minimum atomic E-state index is -1.66. The van der Waals surface area contributed by atoms with E-state index in [9.17, 15) is 24.1 Å². The topological polar surface area (TPSA) is 76.4 Å². The number of alkyl halides is 2. The normalized spacial score (nSPS) is 34.3. The van der Waals surface area contributed by atoms with Crippen LogP contribution in [0.15, 0.2) is 24.3 Å². The maximum absolute atomic E-state index is 13.5. The lowest BCUT2D eigenvalue weighted by molar-refractivity contribution is -0.147. The first-order valence-electron chi connectivity index (χ1n) is 8.47. The number of anilines is 1. The van der Waals surface area contributed by atoms with Crippen molar-refractivity contribution in [2.45, 2.75) is 37.4 Å². The Morgan fingerprint density at radius 2 is 1.56 bits per heavy atom. The van der Waals surface area contributed by atoms with Crippen LogP contribution >= 0.6 is 0 Å². The molecule has 0 spiro atoms. The van der Waals surface area contributed by atoms with Crippen LogP contribution in [0.5, 0.6) is 0 Å². The van der Waals surface area contributed by atoms with Crippen LogP contribution in [0.4, 0.5) is 14.5 Å². The summed E-state index contributed by atoms with van der Waals surface area (Å²) >= 11 is 0. The fourth-order valence-electron chi connectivity index (χ4n) is 3.43. The van der Waals surface area contributed by atoms with E-state index in [0.29, 0.717) is 13.0 Å². The summed E-state index contributed by atoms with van der Waals surface area (Å²) in [7, 11) is 0. The summed E-state index contributed by atoms with van der Waals surface area (Å²) in [5.41, 5.74) is 1.69. The number of β-amino-alcohol motifs (C(OH)–C–C–N with tert-alkyl or cyclic N) is 2. The van der Waals surface area contributed by atoms with Crippen molar-refractivity contribution in [3.8, 4) is 0 Å². The number of aliphatic hydroxyl groups is 3. The summed E-state index contributed by atoms with van der Waals surface area (Å²) in [6.07, 6.45) is -5.83. The van der Waals surface area contributed by atoms with Crippen molar-refractivity contribution < 1.29 is 28.8 Å². The molecule has 3 N–H and O–H groups in total. The van der Waals surface area contributed by atoms with Gasteiger partial charge in [0, 0.05) is 25.3 Å². The van der Waals surface area contributed by atoms with Gasteiger partial charge in [0.05, 0.1) is 25.3 Å². The molecular weight excluding hydrogens is 334 g/mol. The van der Waals surface area contributed by atoms with Crippen molar-refractivity contribution in [1.29, 1.82) is 0 Å². The van der Waals surface area contributed by atoms with Gasteiger partial charge in [-0.25, -0.2) is 8.78 Å². The van der Waals surface area contributed by atoms with Gasteiger partial charge in [-0.3, -0.25) is 4.90 Å². The zero-order chi connectivity index (χ0) is 18.0. The number of rotatable bonds is 4. The second-order valence-corrected chi connectivity index (χ2v) is 6.62. The number of piperidine rings is 1. The van der Waals surface area contributed by atoms with E-state index >= 15 is 0 Å². The average molecular weight is 358 g/mol. The minimum Gasteiger partial charge on any atom is -0.389 e. The van der Waals surface area contributed by atoms with E-state index in [-0.39, 0.29) is 26.2 Å². The van der Waals surface area contributed by atoms with Crippen LogP contribution in [0.2, 0.25) is 0 Å². The van der Waals surface area contributed by atoms with Crippen LogP contribution in [0, 0.1) is 0 Å². The van der Waals surface area contributed by atoms with Crippen molar-refractivity contribution in [2.24, 2.45) is 0 Å². The van der Waals surface area contributed by atoms with Gasteiger partial charge < -0.3 is 25.0 Å². The molecule has 0 saturated carbocycles. The minimum absolute atomic E-state index is 0.0230. The fraction of sp³-hybridized carbons (Fsp3) is 0.647. The molecule has 0 amide bonds. The molecule has 0 aliphatic carbocycles. The number of benzene rings is 1. The molecular formula is C17H24F2N2O4. The van der Waals surface area contributed by atoms with Crippen LogP contribution in [-0.2, 0) is 11.2 Å². The maximum Gasteiger partial charge on any atom is 0.219 e. The smallest absolute Gasteiger partial charge is 0.219 e. The first-order valence-corrected chi connectivity index (χ1v) is 8.47. The number of hydrogen-bond acceptors (Lipinski definition) is 6. The van der Waals surface area contributed by atoms with E-state index in [1.54, 1.807) is 4.90 Å². The molecule has 4 unspecified atom stereocenters. The molecule has 6 nitrogen and oxygen atoms in total. The summed E-state index contributed by atoms with van der Waals surface area (Å²) < 4.78 is 31.5. The van der Waals surface area contributed by atoms with E-state index in [4.69, 9.17) is 0 Å². The Hall–Kier alpha value is -1.32. The molecule has 0 radical (unpaired) electrons. The quantitative estimate of drug-likeness (QED) is 0.707. The Balaban J connectivity index is 1.65. The monoisotopic (exact) mass is 358 g/mol. The number of ether oxygens (including phenoxy) is 1. The third-order valence-electron chi connectivity index (χ3n) is 4.73. The Kier molecular flexibility index (Phi) is 5.85. The molecule has 25 heavy (non-hydrogen) atoms. The molecule has 2 aliphatic rings. The third kappa shape index (κ3) is 4.45. The second kappa shape index (κ2) is 7.92. The van der Waals surface area contributed by atoms with E-state index in [1.807, 2.05) is 29.2 Å². The Labute approximate surface area is 145 Å². The van der Waals surface area contributed by atoms with E-state index in [1.165, 1.54) is 0 Å². The molecule has 0 bridgehead atoms. The van der Waals surface area contributed by atoms with Crippen molar-refractivity contribution in [3.63, 3.8) is 0 Å². The summed E-state index contributed by atoms with van der Waals surface area (Å²) in [6, 6.07) is 7.41. The predicted octanol–water partition coefficient (Wildman–Crippen LogP) is 0.0552. The standard InChI is InChI=1S/C17H24F2N2O4/c18-15-9-21(10-16(19)25-15)12-4-2-1-3-11(12)5-6-20-7-13(22)17(24)14(23)8-20/h1-4,13-17,22-24H,5-10H2. The number of likely N-dealkylation sites (tertiary alicyclic amines) is 1. The lowest BCUT2D eigenvalue weighted by Gasteiger charge is -2.37. The zero-order valence-corrected chi connectivity index (χ0v) is 13.8. The molecule has 8 heteroatoms. The molecule has 2 saturated heterocycles. The Morgan fingerprint density at radius 3 is 2.20 bits per heavy atom. The number of aliphatic hydroxyl groups excluding tert-OH is 3. The Bertz CT molecular complexity index is 557. The molecule has 2 aliphatic heterocycles. The lowest BCUT2D eigenvalue weighted by Crippen LogP contribution is -2.55. The molecule has 140 valence electrons. The van der Waals surface area contributed by atoms with Crippen molar-refractivity contribution in [1.82, 2.24) is 4.90 Å². The van der Waals surface area contributed by atoms with Crippen LogP contribution in [0.25, 0.3) is 0 Å². The van der Waals surface area contributed by atoms with Crippen LogP contribution < -0.4 is 4.90 Å². The van der Waals surface area contributed by atoms with Gasteiger partial charge in [0.25, 0.3) is 0 Å². The van der Waals surface area contributed by atoms with Gasteiger partial charge in [0.1, 0.15) is 6.10 Å². The molecule has 1 aromatic carbocycles. The SMILES string of the molecule is OC1CN(CCc2ccccc2N2CC(F)OC(F)C2)CC(O)C1O. The summed E-state index contributed by atoms with van der Waals surface area (Å²) in [4.78, 5) is 3.51. The van der Waals surface area contributed by atoms with Gasteiger partial charge in [-0.1, -0.05) is 18.2 Å². The highest BCUT2D eigenvalue weighted by atomic mass is 19.2. The highest BCUT2D eigenvalue weighted by Crippen LogP contribution is 2.26. The molecule has 4 atom stereocenters. The molecule has 0 aromatic heterocycles. The number of hydrogen-bond donors (Lipinski definition) is 3. The first kappa shape index (κ1) is 18.5. The number of halogens is 2. The molecule has 2 heterocycles. The highest BCUT2D eigenvalue weighted by Gasteiger charge is 2.33. The van der Waals surface area contributed by atoms with Crippen molar-refractivity contribution in [2.75, 3.05) is 37.6 Å². The average Bonchev–Trinajstić information content (AvgIpc) is 2.57. The summed E-state index contributed by atoms with van der Waals surface area (Å²) in [5, 5.41) is 29.1. The summed E-state index contributed by atoms with van der Waals surface area (Å²) in [6.45, 7) is 1.06. The Morgan fingerprint density at radius 1 is 0.960 bits per heavy atom. The first-order chi connectivity index (χ1) is 11.9. The zero-order valence-electron chi connectivity index (χ0n) is 13.8. The van der Waals surface area contributed by atoms with Crippen LogP contribution in [-0.4, -0.2) is 84.0 Å². The number of nitrogens with zero attached hydrogens (tertiary/aromatic N) is 2. The summed E-state index contributed by atoms with van der Waals surface area (Å²) in [5.74, 6) is 0. The highest BCUT2D eigenvalue weighted by molar-refractivity contribution is 5.54. The molecule has 3 rings (SSSR count). The van der Waals surface area contributed by atoms with Gasteiger partial charge in [-0.2, -0.15) is 0 Å². The second-order valence-electron chi connectivity index (χ2n) is 6.62. The van der Waals surface area contributed by atoms with E-state index in [2.05, 4.69) is 4.74 Å². The largest absolute Gasteiger partial charge is 0.389 e. The maximum atomic E-state index is 13.5. The van der Waals surface area contributed by atoms with Crippen LogP contribution in [0.1, 0.15) is 5.56 Å². The van der Waals surface area contributed by atoms with Gasteiger partial charge in [-0.05, 0) is 18.1 Å². The van der Waals surface area contributed by atoms with Gasteiger partial charge in [0.15, 0.2) is 0 Å². The number of para-hydroxylation sites is 1. The van der Waals surface area contributed by atoms with E-state index in [0.717, 1.165) is 11.3 Å². The van der Waals surface area contributed by atoms with Gasteiger partial charge >= 0.3 is 0 Å². The molecule has 1 aromatic rings. The van der Waals surface area contributed by atoms with Crippen LogP contribution in [0.3, 0.4) is 0 Å². The van der Waals surface area contributed by atoms with Gasteiger partial charge in [0.2, 0.25) is 12.7 Å². The van der Waals surface area contributed by atoms with Crippen molar-refractivity contribution in [3.05, 3.63) is 29.8 Å². The lowest BCUT2D eigenvalue weighted by atomic mass is 10.0. The van der Waals surface area contributed by atoms with E-state index < -0.39 is 31.0 Å². The third-order valence-corrected chi connectivity index (χ3v) is 4.73. The fourth-order valence-corrected chi connectivity index (χ4v) is 3.43.